The molecular formula is C23H28N2O. The lowest BCUT2D eigenvalue weighted by molar-refractivity contribution is 0.408. The van der Waals surface area contributed by atoms with Gasteiger partial charge in [-0.15, -0.1) is 0 Å². The van der Waals surface area contributed by atoms with Crippen molar-refractivity contribution in [3.63, 3.8) is 0 Å². The fourth-order valence-corrected chi connectivity index (χ4v) is 4.05. The zero-order chi connectivity index (χ0) is 18.4. The number of hydrogen-bond donors (Lipinski definition) is 0. The predicted molar refractivity (Wildman–Crippen MR) is 104 cm³/mol. The average molecular weight is 348 g/mol. The molecule has 1 aliphatic carbocycles. The summed E-state index contributed by atoms with van der Waals surface area (Å²) in [5.41, 5.74) is 3.36. The summed E-state index contributed by atoms with van der Waals surface area (Å²) in [7, 11) is 0. The van der Waals surface area contributed by atoms with Gasteiger partial charge in [0.2, 0.25) is 5.88 Å². The van der Waals surface area contributed by atoms with Crippen LogP contribution in [0, 0.1) is 17.2 Å². The number of ether oxygens (including phenoxy) is 1. The first-order valence-corrected chi connectivity index (χ1v) is 9.87. The van der Waals surface area contributed by atoms with E-state index in [-0.39, 0.29) is 0 Å². The van der Waals surface area contributed by atoms with Crippen molar-refractivity contribution in [2.24, 2.45) is 5.92 Å². The Hall–Kier alpha value is -2.34. The molecule has 2 aromatic rings. The lowest BCUT2D eigenvalue weighted by atomic mass is 9.79. The summed E-state index contributed by atoms with van der Waals surface area (Å²) in [6, 6.07) is 12.0. The highest BCUT2D eigenvalue weighted by Gasteiger charge is 2.23. The number of fused-ring (bicyclic) bond motifs is 1. The second-order valence-corrected chi connectivity index (χ2v) is 7.48. The number of hydrogen-bond acceptors (Lipinski definition) is 3. The molecule has 1 aromatic carbocycles. The van der Waals surface area contributed by atoms with E-state index in [4.69, 9.17) is 10.00 Å². The number of nitrogens with zero attached hydrogens (tertiary/aromatic N) is 2. The summed E-state index contributed by atoms with van der Waals surface area (Å²) in [4.78, 5) is 4.25. The van der Waals surface area contributed by atoms with E-state index in [0.29, 0.717) is 17.4 Å². The van der Waals surface area contributed by atoms with Gasteiger partial charge in [-0.3, -0.25) is 0 Å². The van der Waals surface area contributed by atoms with Gasteiger partial charge in [-0.05, 0) is 60.8 Å². The number of aromatic nitrogens is 1. The zero-order valence-electron chi connectivity index (χ0n) is 15.9. The van der Waals surface area contributed by atoms with Gasteiger partial charge in [-0.1, -0.05) is 45.2 Å². The number of pyridine rings is 1. The van der Waals surface area contributed by atoms with Crippen molar-refractivity contribution >= 4 is 0 Å². The fraction of sp³-hybridized carbons (Fsp3) is 0.478. The molecule has 0 aliphatic heterocycles. The predicted octanol–water partition coefficient (Wildman–Crippen LogP) is 6.38. The van der Waals surface area contributed by atoms with Gasteiger partial charge in [-0.2, -0.15) is 5.26 Å². The molecule has 0 radical (unpaired) electrons. The van der Waals surface area contributed by atoms with Crippen LogP contribution in [0.1, 0.15) is 75.0 Å². The lowest BCUT2D eigenvalue weighted by Gasteiger charge is -2.28. The average Bonchev–Trinajstić information content (AvgIpc) is 2.67. The van der Waals surface area contributed by atoms with E-state index in [1.807, 2.05) is 6.07 Å². The van der Waals surface area contributed by atoms with E-state index in [1.54, 1.807) is 18.3 Å². The Kier molecular flexibility index (Phi) is 6.28. The molecule has 26 heavy (non-hydrogen) atoms. The highest BCUT2D eigenvalue weighted by molar-refractivity contribution is 5.45. The standard InChI is InChI=1S/C23H28N2O/c1-3-6-17(2)11-13-19-7-4-9-21-20(19)8-5-10-22(21)26-23-14-12-18(15-24)16-25-23/h5,8,10,12,14,16-17,19H,3-4,6-7,9,11,13H2,1-2H3. The summed E-state index contributed by atoms with van der Waals surface area (Å²) in [6.45, 7) is 4.65. The minimum atomic E-state index is 0.550. The molecule has 0 saturated heterocycles. The van der Waals surface area contributed by atoms with Crippen LogP contribution in [0.25, 0.3) is 0 Å². The second-order valence-electron chi connectivity index (χ2n) is 7.48. The molecule has 2 unspecified atom stereocenters. The Bertz CT molecular complexity index is 761. The first-order valence-electron chi connectivity index (χ1n) is 9.87. The van der Waals surface area contributed by atoms with Crippen molar-refractivity contribution in [3.8, 4) is 17.7 Å². The van der Waals surface area contributed by atoms with Crippen LogP contribution in [0.5, 0.6) is 11.6 Å². The van der Waals surface area contributed by atoms with E-state index in [9.17, 15) is 0 Å². The van der Waals surface area contributed by atoms with E-state index in [2.05, 4.69) is 37.0 Å². The van der Waals surface area contributed by atoms with Gasteiger partial charge in [-0.25, -0.2) is 4.98 Å². The zero-order valence-corrected chi connectivity index (χ0v) is 15.9. The maximum atomic E-state index is 8.90. The molecule has 1 aromatic heterocycles. The highest BCUT2D eigenvalue weighted by Crippen LogP contribution is 2.40. The summed E-state index contributed by atoms with van der Waals surface area (Å²) >= 11 is 0. The van der Waals surface area contributed by atoms with Crippen LogP contribution >= 0.6 is 0 Å². The van der Waals surface area contributed by atoms with Crippen LogP contribution in [-0.4, -0.2) is 4.98 Å². The molecule has 0 amide bonds. The molecule has 0 saturated carbocycles. The van der Waals surface area contributed by atoms with Gasteiger partial charge in [0.25, 0.3) is 0 Å². The van der Waals surface area contributed by atoms with Crippen LogP contribution in [-0.2, 0) is 6.42 Å². The Balaban J connectivity index is 1.75. The van der Waals surface area contributed by atoms with Gasteiger partial charge in [0, 0.05) is 12.3 Å². The van der Waals surface area contributed by atoms with Crippen molar-refractivity contribution in [3.05, 3.63) is 53.2 Å². The normalized spacial score (nSPS) is 17.2. The Morgan fingerprint density at radius 3 is 2.88 bits per heavy atom. The maximum Gasteiger partial charge on any atom is 0.219 e. The van der Waals surface area contributed by atoms with Gasteiger partial charge in [0.05, 0.1) is 5.56 Å². The molecular weight excluding hydrogens is 320 g/mol. The topological polar surface area (TPSA) is 45.9 Å². The van der Waals surface area contributed by atoms with E-state index in [1.165, 1.54) is 49.7 Å². The Morgan fingerprint density at radius 2 is 2.15 bits per heavy atom. The molecule has 136 valence electrons. The third-order valence-electron chi connectivity index (χ3n) is 5.46. The number of benzene rings is 1. The lowest BCUT2D eigenvalue weighted by Crippen LogP contribution is -2.12. The van der Waals surface area contributed by atoms with Gasteiger partial charge in [0.15, 0.2) is 0 Å². The van der Waals surface area contributed by atoms with Crippen molar-refractivity contribution in [1.29, 1.82) is 5.26 Å². The molecule has 3 heteroatoms. The SMILES string of the molecule is CCCC(C)CCC1CCCc2c(Oc3ccc(C#N)cn3)cccc21. The third kappa shape index (κ3) is 4.43. The maximum absolute atomic E-state index is 8.90. The fourth-order valence-electron chi connectivity index (χ4n) is 4.05. The monoisotopic (exact) mass is 348 g/mol. The molecule has 1 aliphatic rings. The number of rotatable bonds is 7. The molecule has 2 atom stereocenters. The van der Waals surface area contributed by atoms with Crippen LogP contribution in [0.4, 0.5) is 0 Å². The number of nitriles is 1. The first-order chi connectivity index (χ1) is 12.7. The van der Waals surface area contributed by atoms with Crippen LogP contribution in [0.3, 0.4) is 0 Å². The molecule has 1 heterocycles. The highest BCUT2D eigenvalue weighted by atomic mass is 16.5. The first kappa shape index (κ1) is 18.5. The summed E-state index contributed by atoms with van der Waals surface area (Å²) in [5.74, 6) is 2.94. The van der Waals surface area contributed by atoms with Crippen molar-refractivity contribution < 1.29 is 4.74 Å². The van der Waals surface area contributed by atoms with E-state index in [0.717, 1.165) is 18.1 Å². The van der Waals surface area contributed by atoms with Crippen LogP contribution < -0.4 is 4.74 Å². The Labute approximate surface area is 157 Å². The van der Waals surface area contributed by atoms with Crippen LogP contribution in [0.15, 0.2) is 36.5 Å². The van der Waals surface area contributed by atoms with E-state index < -0.39 is 0 Å². The van der Waals surface area contributed by atoms with Crippen molar-refractivity contribution in [1.82, 2.24) is 4.98 Å². The van der Waals surface area contributed by atoms with Crippen molar-refractivity contribution in [2.75, 3.05) is 0 Å². The summed E-state index contributed by atoms with van der Waals surface area (Å²) in [5, 5.41) is 8.90. The minimum Gasteiger partial charge on any atom is -0.439 e. The molecule has 0 spiro atoms. The smallest absolute Gasteiger partial charge is 0.219 e. The molecule has 0 N–H and O–H groups in total. The van der Waals surface area contributed by atoms with Gasteiger partial charge >= 0.3 is 0 Å². The largest absolute Gasteiger partial charge is 0.439 e. The van der Waals surface area contributed by atoms with E-state index >= 15 is 0 Å². The Morgan fingerprint density at radius 1 is 1.27 bits per heavy atom. The molecule has 3 nitrogen and oxygen atoms in total. The molecule has 0 bridgehead atoms. The second kappa shape index (κ2) is 8.85. The summed E-state index contributed by atoms with van der Waals surface area (Å²) < 4.78 is 6.07. The van der Waals surface area contributed by atoms with Crippen LogP contribution in [0.2, 0.25) is 0 Å². The quantitative estimate of drug-likeness (QED) is 0.583. The molecule has 3 rings (SSSR count). The molecule has 0 fully saturated rings. The summed E-state index contributed by atoms with van der Waals surface area (Å²) in [6.07, 6.45) is 10.3. The third-order valence-corrected chi connectivity index (χ3v) is 5.46. The van der Waals surface area contributed by atoms with Gasteiger partial charge in [0.1, 0.15) is 11.8 Å². The minimum absolute atomic E-state index is 0.550. The van der Waals surface area contributed by atoms with Gasteiger partial charge < -0.3 is 4.74 Å². The van der Waals surface area contributed by atoms with Crippen molar-refractivity contribution in [2.45, 2.75) is 64.7 Å².